The lowest BCUT2D eigenvalue weighted by molar-refractivity contribution is -0.384. The fraction of sp³-hybridized carbons (Fsp3) is 0.455. The summed E-state index contributed by atoms with van der Waals surface area (Å²) < 4.78 is 27.0. The molecule has 3 N–H and O–H groups in total. The number of nitro groups is 1. The summed E-state index contributed by atoms with van der Waals surface area (Å²) in [6.07, 6.45) is 2.53. The Bertz CT molecular complexity index is 589. The molecule has 9 heteroatoms. The van der Waals surface area contributed by atoms with Gasteiger partial charge in [-0.2, -0.15) is 11.8 Å². The Labute approximate surface area is 122 Å². The van der Waals surface area contributed by atoms with E-state index in [-0.39, 0.29) is 22.3 Å². The fourth-order valence-corrected chi connectivity index (χ4v) is 3.87. The van der Waals surface area contributed by atoms with Gasteiger partial charge in [-0.05, 0) is 18.7 Å². The molecule has 0 aliphatic heterocycles. The van der Waals surface area contributed by atoms with Crippen LogP contribution in [0.15, 0.2) is 23.1 Å². The van der Waals surface area contributed by atoms with Crippen LogP contribution in [0.2, 0.25) is 0 Å². The second kappa shape index (κ2) is 6.91. The van der Waals surface area contributed by atoms with Crippen molar-refractivity contribution < 1.29 is 13.3 Å². The number of anilines is 1. The van der Waals surface area contributed by atoms with Gasteiger partial charge in [-0.15, -0.1) is 0 Å². The van der Waals surface area contributed by atoms with E-state index in [2.05, 4.69) is 4.72 Å². The Balaban J connectivity index is 3.06. The van der Waals surface area contributed by atoms with Gasteiger partial charge in [0.15, 0.2) is 0 Å². The number of nitro benzene ring substituents is 1. The van der Waals surface area contributed by atoms with Crippen LogP contribution in [0.25, 0.3) is 0 Å². The van der Waals surface area contributed by atoms with Crippen molar-refractivity contribution in [2.24, 2.45) is 0 Å². The minimum Gasteiger partial charge on any atom is -0.397 e. The van der Waals surface area contributed by atoms with E-state index in [1.54, 1.807) is 0 Å². The van der Waals surface area contributed by atoms with Crippen LogP contribution in [-0.2, 0) is 10.0 Å². The van der Waals surface area contributed by atoms with Gasteiger partial charge in [0, 0.05) is 23.9 Å². The average Bonchev–Trinajstić information content (AvgIpc) is 2.37. The number of non-ortho nitro benzene ring substituents is 1. The lowest BCUT2D eigenvalue weighted by Gasteiger charge is -2.16. The maximum Gasteiger partial charge on any atom is 0.271 e. The molecule has 1 rings (SSSR count). The van der Waals surface area contributed by atoms with E-state index in [9.17, 15) is 18.5 Å². The van der Waals surface area contributed by atoms with Gasteiger partial charge in [-0.3, -0.25) is 10.1 Å². The zero-order chi connectivity index (χ0) is 15.3. The molecule has 1 aromatic rings. The van der Waals surface area contributed by atoms with Crippen molar-refractivity contribution in [1.82, 2.24) is 4.72 Å². The molecule has 0 radical (unpaired) electrons. The van der Waals surface area contributed by atoms with Crippen LogP contribution in [0.5, 0.6) is 0 Å². The van der Waals surface area contributed by atoms with Gasteiger partial charge in [-0.25, -0.2) is 13.1 Å². The number of thioether (sulfide) groups is 1. The number of nitrogens with zero attached hydrogens (tertiary/aromatic N) is 1. The van der Waals surface area contributed by atoms with Crippen LogP contribution in [0.4, 0.5) is 11.4 Å². The number of hydrogen-bond acceptors (Lipinski definition) is 6. The number of hydrogen-bond donors (Lipinski definition) is 2. The minimum absolute atomic E-state index is 0.134. The molecule has 0 aromatic heterocycles. The van der Waals surface area contributed by atoms with E-state index in [0.29, 0.717) is 12.2 Å². The molecule has 1 aromatic carbocycles. The minimum atomic E-state index is -3.78. The van der Waals surface area contributed by atoms with Crippen molar-refractivity contribution in [3.05, 3.63) is 28.3 Å². The van der Waals surface area contributed by atoms with Crippen LogP contribution < -0.4 is 10.5 Å². The zero-order valence-electron chi connectivity index (χ0n) is 11.2. The number of benzene rings is 1. The highest BCUT2D eigenvalue weighted by atomic mass is 32.2. The predicted octanol–water partition coefficient (Wildman–Crippen LogP) is 1.60. The Morgan fingerprint density at radius 1 is 1.50 bits per heavy atom. The summed E-state index contributed by atoms with van der Waals surface area (Å²) in [6.45, 7) is 1.88. The number of rotatable bonds is 7. The zero-order valence-corrected chi connectivity index (χ0v) is 12.8. The molecule has 1 unspecified atom stereocenters. The third kappa shape index (κ3) is 4.09. The molecule has 0 fully saturated rings. The summed E-state index contributed by atoms with van der Waals surface area (Å²) in [4.78, 5) is 9.85. The van der Waals surface area contributed by atoms with E-state index in [0.717, 1.165) is 18.2 Å². The maximum absolute atomic E-state index is 12.2. The normalized spacial score (nSPS) is 13.1. The highest BCUT2D eigenvalue weighted by Crippen LogP contribution is 2.24. The smallest absolute Gasteiger partial charge is 0.271 e. The molecule has 0 saturated carbocycles. The van der Waals surface area contributed by atoms with Gasteiger partial charge >= 0.3 is 0 Å². The second-order valence-corrected chi connectivity index (χ2v) is 6.75. The molecule has 1 atom stereocenters. The Morgan fingerprint density at radius 2 is 2.15 bits per heavy atom. The number of sulfonamides is 1. The van der Waals surface area contributed by atoms with Gasteiger partial charge in [0.05, 0.1) is 10.6 Å². The Kier molecular flexibility index (Phi) is 5.78. The van der Waals surface area contributed by atoms with Crippen LogP contribution in [0.3, 0.4) is 0 Å². The van der Waals surface area contributed by atoms with Crippen molar-refractivity contribution >= 4 is 33.2 Å². The molecule has 7 nitrogen and oxygen atoms in total. The largest absolute Gasteiger partial charge is 0.397 e. The molecular formula is C11H17N3O4S2. The summed E-state index contributed by atoms with van der Waals surface area (Å²) in [6, 6.07) is 3.12. The van der Waals surface area contributed by atoms with Gasteiger partial charge in [-0.1, -0.05) is 6.92 Å². The number of nitrogen functional groups attached to an aromatic ring is 1. The SMILES string of the molecule is CCC(CSC)NS(=O)(=O)c1ccc([N+](=O)[O-])cc1N. The third-order valence-electron chi connectivity index (χ3n) is 2.68. The fourth-order valence-electron chi connectivity index (χ4n) is 1.61. The quantitative estimate of drug-likeness (QED) is 0.448. The van der Waals surface area contributed by atoms with Crippen molar-refractivity contribution in [2.45, 2.75) is 24.3 Å². The first-order valence-electron chi connectivity index (χ1n) is 5.87. The first kappa shape index (κ1) is 16.7. The highest BCUT2D eigenvalue weighted by Gasteiger charge is 2.22. The van der Waals surface area contributed by atoms with Crippen LogP contribution in [0, 0.1) is 10.1 Å². The van der Waals surface area contributed by atoms with Crippen molar-refractivity contribution in [2.75, 3.05) is 17.7 Å². The van der Waals surface area contributed by atoms with Crippen LogP contribution in [-0.4, -0.2) is 31.4 Å². The predicted molar refractivity (Wildman–Crippen MR) is 80.3 cm³/mol. The summed E-state index contributed by atoms with van der Waals surface area (Å²) >= 11 is 1.53. The Hall–Kier alpha value is -1.32. The van der Waals surface area contributed by atoms with E-state index < -0.39 is 14.9 Å². The topological polar surface area (TPSA) is 115 Å². The molecule has 0 aliphatic carbocycles. The van der Waals surface area contributed by atoms with Crippen LogP contribution >= 0.6 is 11.8 Å². The average molecular weight is 319 g/mol. The number of nitrogens with one attached hydrogen (secondary N) is 1. The third-order valence-corrected chi connectivity index (χ3v) is 5.01. The standard InChI is InChI=1S/C11H17N3O4S2/c1-3-8(7-19-2)13-20(17,18)11-5-4-9(14(15)16)6-10(11)12/h4-6,8,13H,3,7,12H2,1-2H3. The molecule has 20 heavy (non-hydrogen) atoms. The Morgan fingerprint density at radius 3 is 2.60 bits per heavy atom. The molecule has 0 heterocycles. The molecule has 0 spiro atoms. The van der Waals surface area contributed by atoms with Gasteiger partial charge in [0.25, 0.3) is 5.69 Å². The molecule has 0 saturated heterocycles. The summed E-state index contributed by atoms with van der Waals surface area (Å²) in [5.41, 5.74) is 5.24. The first-order valence-corrected chi connectivity index (χ1v) is 8.74. The van der Waals surface area contributed by atoms with E-state index >= 15 is 0 Å². The van der Waals surface area contributed by atoms with Crippen LogP contribution in [0.1, 0.15) is 13.3 Å². The monoisotopic (exact) mass is 319 g/mol. The molecular weight excluding hydrogens is 302 g/mol. The van der Waals surface area contributed by atoms with E-state index in [1.807, 2.05) is 13.2 Å². The summed E-state index contributed by atoms with van der Waals surface area (Å²) in [5, 5.41) is 10.6. The highest BCUT2D eigenvalue weighted by molar-refractivity contribution is 7.98. The van der Waals surface area contributed by atoms with Gasteiger partial charge < -0.3 is 5.73 Å². The van der Waals surface area contributed by atoms with E-state index in [4.69, 9.17) is 5.73 Å². The lowest BCUT2D eigenvalue weighted by atomic mass is 10.3. The van der Waals surface area contributed by atoms with Gasteiger partial charge in [0.1, 0.15) is 4.90 Å². The lowest BCUT2D eigenvalue weighted by Crippen LogP contribution is -2.36. The molecule has 0 aliphatic rings. The van der Waals surface area contributed by atoms with Gasteiger partial charge in [0.2, 0.25) is 10.0 Å². The van der Waals surface area contributed by atoms with Crippen molar-refractivity contribution in [3.8, 4) is 0 Å². The maximum atomic E-state index is 12.2. The number of nitrogens with two attached hydrogens (primary N) is 1. The van der Waals surface area contributed by atoms with E-state index in [1.165, 1.54) is 11.8 Å². The van der Waals surface area contributed by atoms with Crippen molar-refractivity contribution in [3.63, 3.8) is 0 Å². The molecule has 0 amide bonds. The molecule has 0 bridgehead atoms. The van der Waals surface area contributed by atoms with Crippen molar-refractivity contribution in [1.29, 1.82) is 0 Å². The second-order valence-electron chi connectivity index (χ2n) is 4.16. The summed E-state index contributed by atoms with van der Waals surface area (Å²) in [5.74, 6) is 0.641. The molecule has 112 valence electrons. The summed E-state index contributed by atoms with van der Waals surface area (Å²) in [7, 11) is -3.78. The first-order chi connectivity index (χ1) is 9.31.